The second kappa shape index (κ2) is 5.28. The van der Waals surface area contributed by atoms with Crippen molar-refractivity contribution in [3.05, 3.63) is 42.0 Å². The smallest absolute Gasteiger partial charge is 0.158 e. The standard InChI is InChI=1S/C14H13N3O/c1-10(13(18)7-4-8-15)14-16-9-11-5-2-3-6-12(11)17-14/h2-3,5-6,9,18H,4,7H2,1H3/b13-10-. The second-order valence-electron chi connectivity index (χ2n) is 3.98. The van der Waals surface area contributed by atoms with E-state index in [9.17, 15) is 5.11 Å². The van der Waals surface area contributed by atoms with E-state index in [0.717, 1.165) is 10.9 Å². The normalized spacial score (nSPS) is 12.0. The number of nitrogens with zero attached hydrogens (tertiary/aromatic N) is 3. The number of fused-ring (bicyclic) bond motifs is 1. The summed E-state index contributed by atoms with van der Waals surface area (Å²) in [5.41, 5.74) is 1.46. The van der Waals surface area contributed by atoms with Gasteiger partial charge in [-0.25, -0.2) is 9.97 Å². The van der Waals surface area contributed by atoms with Crippen LogP contribution in [0.5, 0.6) is 0 Å². The first-order valence-corrected chi connectivity index (χ1v) is 5.70. The van der Waals surface area contributed by atoms with Gasteiger partial charge < -0.3 is 5.11 Å². The van der Waals surface area contributed by atoms with Crippen molar-refractivity contribution in [3.8, 4) is 6.07 Å². The van der Waals surface area contributed by atoms with Crippen LogP contribution in [0.2, 0.25) is 0 Å². The van der Waals surface area contributed by atoms with Crippen LogP contribution in [0.15, 0.2) is 36.2 Å². The van der Waals surface area contributed by atoms with E-state index < -0.39 is 0 Å². The van der Waals surface area contributed by atoms with E-state index in [2.05, 4.69) is 9.97 Å². The third-order valence-corrected chi connectivity index (χ3v) is 2.73. The molecule has 0 fully saturated rings. The summed E-state index contributed by atoms with van der Waals surface area (Å²) >= 11 is 0. The van der Waals surface area contributed by atoms with Crippen molar-refractivity contribution < 1.29 is 5.11 Å². The zero-order valence-corrected chi connectivity index (χ0v) is 10.1. The summed E-state index contributed by atoms with van der Waals surface area (Å²) in [4.78, 5) is 8.62. The van der Waals surface area contributed by atoms with Gasteiger partial charge in [0, 0.05) is 30.0 Å². The molecule has 2 aromatic rings. The van der Waals surface area contributed by atoms with Gasteiger partial charge in [-0.05, 0) is 13.0 Å². The molecule has 0 saturated heterocycles. The fourth-order valence-electron chi connectivity index (χ4n) is 1.64. The highest BCUT2D eigenvalue weighted by atomic mass is 16.3. The third kappa shape index (κ3) is 2.46. The van der Waals surface area contributed by atoms with Crippen LogP contribution >= 0.6 is 0 Å². The van der Waals surface area contributed by atoms with E-state index in [1.54, 1.807) is 13.1 Å². The molecule has 0 amide bonds. The number of para-hydroxylation sites is 1. The molecule has 1 heterocycles. The fourth-order valence-corrected chi connectivity index (χ4v) is 1.64. The summed E-state index contributed by atoms with van der Waals surface area (Å²) in [5.74, 6) is 0.677. The van der Waals surface area contributed by atoms with Crippen LogP contribution in [0.1, 0.15) is 25.6 Å². The number of rotatable bonds is 3. The molecular weight excluding hydrogens is 226 g/mol. The molecule has 1 aromatic carbocycles. The van der Waals surface area contributed by atoms with E-state index >= 15 is 0 Å². The highest BCUT2D eigenvalue weighted by molar-refractivity contribution is 5.79. The molecule has 0 aliphatic carbocycles. The summed E-state index contributed by atoms with van der Waals surface area (Å²) in [7, 11) is 0. The number of aliphatic hydroxyl groups is 1. The second-order valence-corrected chi connectivity index (χ2v) is 3.98. The molecule has 1 N–H and O–H groups in total. The minimum atomic E-state index is 0.173. The third-order valence-electron chi connectivity index (χ3n) is 2.73. The first-order valence-electron chi connectivity index (χ1n) is 5.70. The van der Waals surface area contributed by atoms with Crippen LogP contribution in [-0.4, -0.2) is 15.1 Å². The minimum Gasteiger partial charge on any atom is -0.512 e. The Hall–Kier alpha value is -2.41. The first-order chi connectivity index (χ1) is 8.72. The van der Waals surface area contributed by atoms with Gasteiger partial charge in [0.05, 0.1) is 17.3 Å². The lowest BCUT2D eigenvalue weighted by Gasteiger charge is -2.05. The molecule has 0 bridgehead atoms. The van der Waals surface area contributed by atoms with Crippen LogP contribution in [0.3, 0.4) is 0 Å². The van der Waals surface area contributed by atoms with Crippen LogP contribution < -0.4 is 0 Å². The molecule has 1 aromatic heterocycles. The molecule has 0 spiro atoms. The zero-order valence-electron chi connectivity index (χ0n) is 10.1. The van der Waals surface area contributed by atoms with Gasteiger partial charge in [0.15, 0.2) is 5.82 Å². The summed E-state index contributed by atoms with van der Waals surface area (Å²) in [6.45, 7) is 1.76. The number of hydrogen-bond donors (Lipinski definition) is 1. The minimum absolute atomic E-state index is 0.173. The number of aliphatic hydroxyl groups excluding tert-OH is 1. The fraction of sp³-hybridized carbons (Fsp3) is 0.214. The molecule has 18 heavy (non-hydrogen) atoms. The molecular formula is C14H13N3O. The van der Waals surface area contributed by atoms with Crippen LogP contribution in [-0.2, 0) is 0 Å². The average molecular weight is 239 g/mol. The van der Waals surface area contributed by atoms with E-state index in [0.29, 0.717) is 17.8 Å². The van der Waals surface area contributed by atoms with Crippen LogP contribution in [0, 0.1) is 11.3 Å². The number of benzene rings is 1. The Labute approximate surface area is 105 Å². The summed E-state index contributed by atoms with van der Waals surface area (Å²) in [6, 6.07) is 9.68. The van der Waals surface area contributed by atoms with Gasteiger partial charge in [-0.1, -0.05) is 18.2 Å². The average Bonchev–Trinajstić information content (AvgIpc) is 2.43. The van der Waals surface area contributed by atoms with Crippen molar-refractivity contribution in [3.63, 3.8) is 0 Å². The topological polar surface area (TPSA) is 69.8 Å². The largest absolute Gasteiger partial charge is 0.512 e. The highest BCUT2D eigenvalue weighted by Crippen LogP contribution is 2.18. The lowest BCUT2D eigenvalue weighted by Crippen LogP contribution is -1.96. The van der Waals surface area contributed by atoms with Gasteiger partial charge in [0.25, 0.3) is 0 Å². The zero-order chi connectivity index (χ0) is 13.0. The Kier molecular flexibility index (Phi) is 3.54. The molecule has 0 aliphatic rings. The van der Waals surface area contributed by atoms with Gasteiger partial charge >= 0.3 is 0 Å². The summed E-state index contributed by atoms with van der Waals surface area (Å²) < 4.78 is 0. The summed E-state index contributed by atoms with van der Waals surface area (Å²) in [6.07, 6.45) is 2.36. The van der Waals surface area contributed by atoms with Crippen molar-refractivity contribution in [1.82, 2.24) is 9.97 Å². The van der Waals surface area contributed by atoms with Gasteiger partial charge in [0.2, 0.25) is 0 Å². The summed E-state index contributed by atoms with van der Waals surface area (Å²) in [5, 5.41) is 19.3. The van der Waals surface area contributed by atoms with Crippen molar-refractivity contribution >= 4 is 16.5 Å². The maximum Gasteiger partial charge on any atom is 0.158 e. The SMILES string of the molecule is C/C(=C(/O)CCC#N)c1ncc2ccccc2n1. The number of hydrogen-bond acceptors (Lipinski definition) is 4. The Bertz CT molecular complexity index is 641. The van der Waals surface area contributed by atoms with Gasteiger partial charge in [-0.2, -0.15) is 5.26 Å². The van der Waals surface area contributed by atoms with E-state index in [-0.39, 0.29) is 12.2 Å². The quantitative estimate of drug-likeness (QED) is 0.835. The maximum absolute atomic E-state index is 9.82. The number of nitriles is 1. The van der Waals surface area contributed by atoms with E-state index in [1.165, 1.54) is 0 Å². The molecule has 0 radical (unpaired) electrons. The maximum atomic E-state index is 9.82. The number of allylic oxidation sites excluding steroid dienone is 2. The van der Waals surface area contributed by atoms with Crippen molar-refractivity contribution in [2.45, 2.75) is 19.8 Å². The van der Waals surface area contributed by atoms with Crippen molar-refractivity contribution in [2.24, 2.45) is 0 Å². The van der Waals surface area contributed by atoms with Crippen LogP contribution in [0.25, 0.3) is 16.5 Å². The van der Waals surface area contributed by atoms with E-state index in [4.69, 9.17) is 5.26 Å². The van der Waals surface area contributed by atoms with Crippen molar-refractivity contribution in [2.75, 3.05) is 0 Å². The Balaban J connectivity index is 2.39. The Morgan fingerprint density at radius 2 is 2.17 bits per heavy atom. The molecule has 4 nitrogen and oxygen atoms in total. The predicted molar refractivity (Wildman–Crippen MR) is 69.6 cm³/mol. The first kappa shape index (κ1) is 12.1. The molecule has 2 rings (SSSR count). The van der Waals surface area contributed by atoms with Crippen molar-refractivity contribution in [1.29, 1.82) is 5.26 Å². The van der Waals surface area contributed by atoms with Crippen LogP contribution in [0.4, 0.5) is 0 Å². The molecule has 0 unspecified atom stereocenters. The lowest BCUT2D eigenvalue weighted by molar-refractivity contribution is 0.392. The molecule has 0 aliphatic heterocycles. The number of aromatic nitrogens is 2. The molecule has 0 saturated carbocycles. The van der Waals surface area contributed by atoms with Gasteiger partial charge in [0.1, 0.15) is 0 Å². The lowest BCUT2D eigenvalue weighted by atomic mass is 10.1. The Morgan fingerprint density at radius 3 is 2.94 bits per heavy atom. The molecule has 0 atom stereocenters. The van der Waals surface area contributed by atoms with Gasteiger partial charge in [-0.3, -0.25) is 0 Å². The monoisotopic (exact) mass is 239 g/mol. The highest BCUT2D eigenvalue weighted by Gasteiger charge is 2.07. The van der Waals surface area contributed by atoms with Gasteiger partial charge in [-0.15, -0.1) is 0 Å². The molecule has 4 heteroatoms. The predicted octanol–water partition coefficient (Wildman–Crippen LogP) is 3.22. The molecule has 90 valence electrons. The van der Waals surface area contributed by atoms with E-state index in [1.807, 2.05) is 30.3 Å². The Morgan fingerprint density at radius 1 is 1.39 bits per heavy atom.